The fourth-order valence-corrected chi connectivity index (χ4v) is 19.7. The van der Waals surface area contributed by atoms with E-state index in [1.165, 1.54) is 0 Å². The standard InChI is InChI=1S/C16H32S16/c17-2-9(23)12(26-3-18)13(27-4-19)14(25)16(31-6-21,32-7-22)11(24)1-10-15(28-5-20)30-8-29-10/h9-15,17-25H,1-8H2. The van der Waals surface area contributed by atoms with Crippen molar-refractivity contribution in [2.75, 3.05) is 36.3 Å². The molecule has 7 atom stereocenters. The van der Waals surface area contributed by atoms with E-state index < -0.39 is 0 Å². The van der Waals surface area contributed by atoms with Crippen molar-refractivity contribution in [1.29, 1.82) is 0 Å². The number of rotatable bonds is 18. The highest BCUT2D eigenvalue weighted by molar-refractivity contribution is 8.29. The Hall–Kier alpha value is 5.60. The molecule has 0 amide bonds. The molecule has 0 aliphatic carbocycles. The summed E-state index contributed by atoms with van der Waals surface area (Å²) in [6, 6.07) is 0. The zero-order chi connectivity index (χ0) is 24.1. The van der Waals surface area contributed by atoms with Crippen LogP contribution in [0.25, 0.3) is 0 Å². The van der Waals surface area contributed by atoms with Crippen LogP contribution in [0.1, 0.15) is 6.42 Å². The van der Waals surface area contributed by atoms with Gasteiger partial charge in [0.2, 0.25) is 0 Å². The van der Waals surface area contributed by atoms with Gasteiger partial charge in [-0.3, -0.25) is 0 Å². The minimum atomic E-state index is -0.250. The van der Waals surface area contributed by atoms with Crippen LogP contribution in [-0.4, -0.2) is 76.4 Å². The predicted octanol–water partition coefficient (Wildman–Crippen LogP) is 7.87. The second-order valence-corrected chi connectivity index (χ2v) is 21.6. The van der Waals surface area contributed by atoms with Gasteiger partial charge in [-0.15, -0.1) is 82.3 Å². The molecule has 0 saturated carbocycles. The smallest absolute Gasteiger partial charge is 0.0869 e. The number of thioether (sulfide) groups is 7. The molecular formula is C16H32S16. The van der Waals surface area contributed by atoms with Crippen LogP contribution >= 0.6 is 196 Å². The Labute approximate surface area is 274 Å². The Bertz CT molecular complexity index is 477. The molecule has 1 fully saturated rings. The lowest BCUT2D eigenvalue weighted by Gasteiger charge is -2.47. The first-order valence-electron chi connectivity index (χ1n) is 9.41. The Morgan fingerprint density at radius 3 is 1.88 bits per heavy atom. The van der Waals surface area contributed by atoms with Gasteiger partial charge in [0.1, 0.15) is 0 Å². The van der Waals surface area contributed by atoms with Gasteiger partial charge >= 0.3 is 0 Å². The Morgan fingerprint density at radius 2 is 1.38 bits per heavy atom. The van der Waals surface area contributed by atoms with Crippen LogP contribution in [0.2, 0.25) is 0 Å². The van der Waals surface area contributed by atoms with E-state index in [0.29, 0.717) is 25.8 Å². The van der Waals surface area contributed by atoms with E-state index in [4.69, 9.17) is 37.9 Å². The van der Waals surface area contributed by atoms with E-state index in [1.54, 1.807) is 0 Å². The van der Waals surface area contributed by atoms with E-state index in [1.807, 2.05) is 82.3 Å². The summed E-state index contributed by atoms with van der Waals surface area (Å²) < 4.78 is 0.311. The third kappa shape index (κ3) is 10.9. The first kappa shape index (κ1) is 35.6. The van der Waals surface area contributed by atoms with Gasteiger partial charge in [0, 0.05) is 67.8 Å². The van der Waals surface area contributed by atoms with Crippen molar-refractivity contribution in [3.8, 4) is 0 Å². The van der Waals surface area contributed by atoms with Crippen molar-refractivity contribution in [2.24, 2.45) is 0 Å². The van der Waals surface area contributed by atoms with Crippen LogP contribution in [0.15, 0.2) is 0 Å². The molecule has 192 valence electrons. The summed E-state index contributed by atoms with van der Waals surface area (Å²) in [4.78, 5) is 0. The Kier molecular flexibility index (Phi) is 22.8. The SMILES string of the molecule is SCSC1SCSC1CC(S)C(SCS)(SCS)C(S)C(SCS)C(SCS)C(S)CS. The van der Waals surface area contributed by atoms with Gasteiger partial charge in [-0.2, -0.15) is 114 Å². The molecular weight excluding hydrogens is 705 g/mol. The zero-order valence-electron chi connectivity index (χ0n) is 17.1. The topological polar surface area (TPSA) is 0 Å². The summed E-state index contributed by atoms with van der Waals surface area (Å²) in [5.41, 5.74) is 0. The molecule has 1 rings (SSSR count). The monoisotopic (exact) mass is 736 g/mol. The van der Waals surface area contributed by atoms with E-state index >= 15 is 0 Å². The van der Waals surface area contributed by atoms with Crippen molar-refractivity contribution in [1.82, 2.24) is 0 Å². The molecule has 0 aromatic rings. The van der Waals surface area contributed by atoms with E-state index in [0.717, 1.165) is 26.8 Å². The maximum absolute atomic E-state index is 5.33. The van der Waals surface area contributed by atoms with E-state index in [-0.39, 0.29) is 30.3 Å². The number of hydrogen-bond acceptors (Lipinski definition) is 16. The van der Waals surface area contributed by atoms with Gasteiger partial charge in [0.05, 0.1) is 8.66 Å². The molecule has 0 nitrogen and oxygen atoms in total. The van der Waals surface area contributed by atoms with Crippen LogP contribution < -0.4 is 0 Å². The molecule has 0 aromatic carbocycles. The molecule has 0 bridgehead atoms. The molecule has 7 unspecified atom stereocenters. The van der Waals surface area contributed by atoms with Gasteiger partial charge in [-0.1, -0.05) is 0 Å². The molecule has 0 radical (unpaired) electrons. The summed E-state index contributed by atoms with van der Waals surface area (Å²) in [6.45, 7) is 0. The average molecular weight is 738 g/mol. The Morgan fingerprint density at radius 1 is 0.781 bits per heavy atom. The zero-order valence-corrected chi connectivity index (χ0v) is 30.8. The van der Waals surface area contributed by atoms with Gasteiger partial charge in [0.15, 0.2) is 0 Å². The predicted molar refractivity (Wildman–Crippen MR) is 202 cm³/mol. The summed E-state index contributed by atoms with van der Waals surface area (Å²) in [5, 5.41) is 6.17. The lowest BCUT2D eigenvalue weighted by atomic mass is 10.0. The van der Waals surface area contributed by atoms with Gasteiger partial charge < -0.3 is 0 Å². The summed E-state index contributed by atoms with van der Waals surface area (Å²) in [7, 11) is 0. The molecule has 1 aliphatic rings. The van der Waals surface area contributed by atoms with Crippen molar-refractivity contribution in [3.63, 3.8) is 0 Å². The average Bonchev–Trinajstić information content (AvgIpc) is 3.21. The van der Waals surface area contributed by atoms with Crippen LogP contribution in [0, 0.1) is 0 Å². The maximum Gasteiger partial charge on any atom is 0.0869 e. The fraction of sp³-hybridized carbons (Fsp3) is 1.00. The molecule has 0 aromatic heterocycles. The molecule has 16 heteroatoms. The van der Waals surface area contributed by atoms with Crippen LogP contribution in [0.5, 0.6) is 0 Å². The highest BCUT2D eigenvalue weighted by Gasteiger charge is 2.50. The molecule has 1 heterocycles. The molecule has 0 N–H and O–H groups in total. The molecule has 32 heavy (non-hydrogen) atoms. The van der Waals surface area contributed by atoms with Crippen molar-refractivity contribution in [3.05, 3.63) is 0 Å². The fourth-order valence-electron chi connectivity index (χ4n) is 3.27. The van der Waals surface area contributed by atoms with Gasteiger partial charge in [0.25, 0.3) is 0 Å². The van der Waals surface area contributed by atoms with Crippen LogP contribution in [0.3, 0.4) is 0 Å². The largest absolute Gasteiger partial charge is 0.178 e. The second-order valence-electron chi connectivity index (χ2n) is 6.39. The summed E-state index contributed by atoms with van der Waals surface area (Å²) in [6.07, 6.45) is 1.02. The van der Waals surface area contributed by atoms with Crippen LogP contribution in [0.4, 0.5) is 0 Å². The maximum atomic E-state index is 5.33. The van der Waals surface area contributed by atoms with Gasteiger partial charge in [-0.25, -0.2) is 0 Å². The Balaban J connectivity index is 3.28. The summed E-state index contributed by atoms with van der Waals surface area (Å²) >= 11 is 56.2. The third-order valence-corrected chi connectivity index (χ3v) is 20.4. The lowest BCUT2D eigenvalue weighted by molar-refractivity contribution is 0.623. The molecule has 1 saturated heterocycles. The second kappa shape index (κ2) is 20.5. The number of hydrogen-bond donors (Lipinski definition) is 9. The first-order chi connectivity index (χ1) is 15.4. The van der Waals surface area contributed by atoms with E-state index in [9.17, 15) is 0 Å². The van der Waals surface area contributed by atoms with Gasteiger partial charge in [-0.05, 0) is 6.42 Å². The van der Waals surface area contributed by atoms with Crippen LogP contribution in [-0.2, 0) is 0 Å². The highest BCUT2D eigenvalue weighted by atomic mass is 32.3. The van der Waals surface area contributed by atoms with E-state index in [2.05, 4.69) is 75.8 Å². The highest BCUT2D eigenvalue weighted by Crippen LogP contribution is 2.55. The third-order valence-electron chi connectivity index (χ3n) is 4.70. The molecule has 1 aliphatic heterocycles. The minimum absolute atomic E-state index is 0.0402. The molecule has 0 spiro atoms. The normalized spacial score (nSPS) is 24.3. The van der Waals surface area contributed by atoms with Crippen molar-refractivity contribution >= 4 is 196 Å². The number of thiol groups is 9. The lowest BCUT2D eigenvalue weighted by Crippen LogP contribution is -2.52. The van der Waals surface area contributed by atoms with Crippen molar-refractivity contribution in [2.45, 2.75) is 46.6 Å². The summed E-state index contributed by atoms with van der Waals surface area (Å²) in [5.74, 6) is 0.702. The van der Waals surface area contributed by atoms with Crippen molar-refractivity contribution < 1.29 is 0 Å². The first-order valence-corrected chi connectivity index (χ1v) is 22.0. The minimum Gasteiger partial charge on any atom is -0.178 e. The quantitative estimate of drug-likeness (QED) is 0.0513.